The Morgan fingerprint density at radius 2 is 2.00 bits per heavy atom. The summed E-state index contributed by atoms with van der Waals surface area (Å²) in [5.74, 6) is -0.548. The van der Waals surface area contributed by atoms with Gasteiger partial charge in [0.05, 0.1) is 12.5 Å². The fourth-order valence-corrected chi connectivity index (χ4v) is 1.50. The molecule has 0 bridgehead atoms. The Bertz CT molecular complexity index is 223. The molecule has 17 heavy (non-hydrogen) atoms. The molecule has 0 aromatic heterocycles. The maximum absolute atomic E-state index is 13.4. The lowest BCUT2D eigenvalue weighted by Gasteiger charge is -2.20. The fraction of sp³-hybridized carbons (Fsp3) is 0.923. The van der Waals surface area contributed by atoms with Gasteiger partial charge in [0.25, 0.3) is 0 Å². The topological polar surface area (TPSA) is 46.5 Å². The number of aliphatic hydroxyl groups excluding tert-OH is 1. The average Bonchev–Trinajstić information content (AvgIpc) is 2.10. The van der Waals surface area contributed by atoms with Crippen molar-refractivity contribution in [3.63, 3.8) is 0 Å². The highest BCUT2D eigenvalue weighted by atomic mass is 19.1. The van der Waals surface area contributed by atoms with Crippen molar-refractivity contribution in [3.8, 4) is 0 Å². The van der Waals surface area contributed by atoms with Crippen LogP contribution in [0.5, 0.6) is 0 Å². The van der Waals surface area contributed by atoms with E-state index in [2.05, 4.69) is 0 Å². The number of ether oxygens (including phenoxy) is 1. The lowest BCUT2D eigenvalue weighted by molar-refractivity contribution is -0.156. The van der Waals surface area contributed by atoms with E-state index >= 15 is 0 Å². The van der Waals surface area contributed by atoms with Crippen LogP contribution in [0.2, 0.25) is 0 Å². The standard InChI is InChI=1S/C13H25FO3/c1-5-6-7-11(15)8-10(14)9-12(16)17-13(2,3)4/h10-11,15H,5-9H2,1-4H3/t10-,11+/m1/s1. The predicted octanol–water partition coefficient (Wildman–Crippen LogP) is 3.00. The second-order valence-electron chi connectivity index (χ2n) is 5.42. The van der Waals surface area contributed by atoms with Crippen LogP contribution in [0.25, 0.3) is 0 Å². The van der Waals surface area contributed by atoms with Gasteiger partial charge < -0.3 is 9.84 Å². The first-order valence-corrected chi connectivity index (χ1v) is 6.28. The molecule has 2 atom stereocenters. The van der Waals surface area contributed by atoms with Crippen LogP contribution in [0.1, 0.15) is 59.8 Å². The Morgan fingerprint density at radius 1 is 1.41 bits per heavy atom. The number of carbonyl (C=O) groups is 1. The van der Waals surface area contributed by atoms with E-state index in [9.17, 15) is 14.3 Å². The van der Waals surface area contributed by atoms with Gasteiger partial charge in [-0.3, -0.25) is 4.79 Å². The van der Waals surface area contributed by atoms with E-state index in [0.29, 0.717) is 6.42 Å². The Labute approximate surface area is 103 Å². The molecule has 0 spiro atoms. The smallest absolute Gasteiger partial charge is 0.309 e. The quantitative estimate of drug-likeness (QED) is 0.704. The third-order valence-corrected chi connectivity index (χ3v) is 2.23. The molecule has 0 saturated carbocycles. The summed E-state index contributed by atoms with van der Waals surface area (Å²) < 4.78 is 18.5. The molecule has 0 heterocycles. The average molecular weight is 248 g/mol. The van der Waals surface area contributed by atoms with Crippen LogP contribution in [-0.4, -0.2) is 29.0 Å². The first-order chi connectivity index (χ1) is 7.74. The molecule has 0 unspecified atom stereocenters. The van der Waals surface area contributed by atoms with Crippen molar-refractivity contribution in [2.24, 2.45) is 0 Å². The van der Waals surface area contributed by atoms with Crippen LogP contribution >= 0.6 is 0 Å². The number of aliphatic hydroxyl groups is 1. The number of hydrogen-bond donors (Lipinski definition) is 1. The zero-order valence-corrected chi connectivity index (χ0v) is 11.3. The second-order valence-corrected chi connectivity index (χ2v) is 5.42. The molecule has 0 fully saturated rings. The number of unbranched alkanes of at least 4 members (excludes halogenated alkanes) is 1. The summed E-state index contributed by atoms with van der Waals surface area (Å²) in [7, 11) is 0. The summed E-state index contributed by atoms with van der Waals surface area (Å²) in [4.78, 5) is 11.3. The minimum absolute atomic E-state index is 0.0131. The van der Waals surface area contributed by atoms with Gasteiger partial charge >= 0.3 is 5.97 Å². The number of rotatable bonds is 7. The fourth-order valence-electron chi connectivity index (χ4n) is 1.50. The SMILES string of the molecule is CCCC[C@H](O)C[C@@H](F)CC(=O)OC(C)(C)C. The predicted molar refractivity (Wildman–Crippen MR) is 65.5 cm³/mol. The van der Waals surface area contributed by atoms with Crippen LogP contribution in [0, 0.1) is 0 Å². The highest BCUT2D eigenvalue weighted by Gasteiger charge is 2.21. The van der Waals surface area contributed by atoms with E-state index < -0.39 is 23.8 Å². The molecule has 102 valence electrons. The molecule has 0 aliphatic carbocycles. The van der Waals surface area contributed by atoms with Crippen LogP contribution in [0.4, 0.5) is 4.39 Å². The number of carbonyl (C=O) groups excluding carboxylic acids is 1. The van der Waals surface area contributed by atoms with Crippen molar-refractivity contribution in [3.05, 3.63) is 0 Å². The molecule has 4 heteroatoms. The van der Waals surface area contributed by atoms with Gasteiger partial charge in [0.1, 0.15) is 11.8 Å². The third kappa shape index (κ3) is 10.2. The normalized spacial score (nSPS) is 15.4. The van der Waals surface area contributed by atoms with Crippen LogP contribution in [0.15, 0.2) is 0 Å². The Balaban J connectivity index is 3.85. The van der Waals surface area contributed by atoms with E-state index in [1.165, 1.54) is 0 Å². The molecule has 3 nitrogen and oxygen atoms in total. The van der Waals surface area contributed by atoms with Gasteiger partial charge in [-0.15, -0.1) is 0 Å². The van der Waals surface area contributed by atoms with Gasteiger partial charge in [-0.25, -0.2) is 4.39 Å². The van der Waals surface area contributed by atoms with Gasteiger partial charge in [-0.05, 0) is 27.2 Å². The summed E-state index contributed by atoms with van der Waals surface area (Å²) in [5.41, 5.74) is -0.586. The van der Waals surface area contributed by atoms with Crippen LogP contribution in [0.3, 0.4) is 0 Å². The van der Waals surface area contributed by atoms with Gasteiger partial charge in [-0.2, -0.15) is 0 Å². The summed E-state index contributed by atoms with van der Waals surface area (Å²) in [6.07, 6.45) is 0.190. The first kappa shape index (κ1) is 16.4. The molecule has 0 rings (SSSR count). The Morgan fingerprint density at radius 3 is 2.47 bits per heavy atom. The summed E-state index contributed by atoms with van der Waals surface area (Å²) in [5, 5.41) is 9.50. The summed E-state index contributed by atoms with van der Waals surface area (Å²) in [6, 6.07) is 0. The number of hydrogen-bond acceptors (Lipinski definition) is 3. The van der Waals surface area contributed by atoms with Gasteiger partial charge in [0.15, 0.2) is 0 Å². The Hall–Kier alpha value is -0.640. The summed E-state index contributed by atoms with van der Waals surface area (Å²) in [6.45, 7) is 7.25. The van der Waals surface area contributed by atoms with Gasteiger partial charge in [-0.1, -0.05) is 19.8 Å². The lowest BCUT2D eigenvalue weighted by atomic mass is 10.0. The van der Waals surface area contributed by atoms with E-state index in [0.717, 1.165) is 12.8 Å². The van der Waals surface area contributed by atoms with E-state index in [1.807, 2.05) is 6.92 Å². The molecule has 0 radical (unpaired) electrons. The minimum atomic E-state index is -1.32. The van der Waals surface area contributed by atoms with Crippen molar-refractivity contribution in [1.29, 1.82) is 0 Å². The van der Waals surface area contributed by atoms with Crippen LogP contribution in [-0.2, 0) is 9.53 Å². The van der Waals surface area contributed by atoms with Crippen molar-refractivity contribution in [2.45, 2.75) is 77.7 Å². The molecular weight excluding hydrogens is 223 g/mol. The highest BCUT2D eigenvalue weighted by Crippen LogP contribution is 2.15. The van der Waals surface area contributed by atoms with Crippen molar-refractivity contribution in [1.82, 2.24) is 0 Å². The molecule has 1 N–H and O–H groups in total. The van der Waals surface area contributed by atoms with Crippen molar-refractivity contribution >= 4 is 5.97 Å². The lowest BCUT2D eigenvalue weighted by Crippen LogP contribution is -2.26. The maximum atomic E-state index is 13.4. The van der Waals surface area contributed by atoms with E-state index in [4.69, 9.17) is 4.74 Å². The zero-order valence-electron chi connectivity index (χ0n) is 11.3. The van der Waals surface area contributed by atoms with Gasteiger partial charge in [0, 0.05) is 6.42 Å². The first-order valence-electron chi connectivity index (χ1n) is 6.28. The summed E-state index contributed by atoms with van der Waals surface area (Å²) >= 11 is 0. The number of esters is 1. The van der Waals surface area contributed by atoms with E-state index in [1.54, 1.807) is 20.8 Å². The van der Waals surface area contributed by atoms with Crippen molar-refractivity contribution < 1.29 is 19.0 Å². The molecule has 0 aliphatic rings. The highest BCUT2D eigenvalue weighted by molar-refractivity contribution is 5.70. The molecule has 0 amide bonds. The number of alkyl halides is 1. The minimum Gasteiger partial charge on any atom is -0.460 e. The molecule has 0 saturated heterocycles. The van der Waals surface area contributed by atoms with Crippen LogP contribution < -0.4 is 0 Å². The second kappa shape index (κ2) is 7.64. The Kier molecular flexibility index (Phi) is 7.35. The van der Waals surface area contributed by atoms with Gasteiger partial charge in [0.2, 0.25) is 0 Å². The maximum Gasteiger partial charge on any atom is 0.309 e. The molecule has 0 aromatic carbocycles. The zero-order chi connectivity index (χ0) is 13.5. The van der Waals surface area contributed by atoms with Crippen molar-refractivity contribution in [2.75, 3.05) is 0 Å². The number of halogens is 1. The third-order valence-electron chi connectivity index (χ3n) is 2.23. The largest absolute Gasteiger partial charge is 0.460 e. The molecule has 0 aromatic rings. The van der Waals surface area contributed by atoms with E-state index in [-0.39, 0.29) is 12.8 Å². The monoisotopic (exact) mass is 248 g/mol. The molecule has 0 aliphatic heterocycles. The molecular formula is C13H25FO3.